The first-order chi connectivity index (χ1) is 11.0. The fraction of sp³-hybridized carbons (Fsp3) is 0.882. The van der Waals surface area contributed by atoms with Crippen LogP contribution in [0.5, 0.6) is 0 Å². The summed E-state index contributed by atoms with van der Waals surface area (Å²) in [6.45, 7) is 9.68. The van der Waals surface area contributed by atoms with Crippen molar-refractivity contribution in [2.45, 2.75) is 71.5 Å². The molecule has 1 rings (SSSR count). The van der Waals surface area contributed by atoms with Crippen molar-refractivity contribution in [2.75, 3.05) is 13.2 Å². The zero-order valence-electron chi connectivity index (χ0n) is 15.5. The summed E-state index contributed by atoms with van der Waals surface area (Å²) < 4.78 is 0. The Morgan fingerprint density at radius 2 is 1.96 bits per heavy atom. The second-order valence-electron chi connectivity index (χ2n) is 8.09. The average molecular weight is 343 g/mol. The minimum absolute atomic E-state index is 0.0910. The van der Waals surface area contributed by atoms with Crippen molar-refractivity contribution < 1.29 is 19.8 Å². The van der Waals surface area contributed by atoms with Crippen molar-refractivity contribution >= 4 is 12.0 Å². The van der Waals surface area contributed by atoms with Gasteiger partial charge in [0.2, 0.25) is 5.91 Å². The Bertz CT molecular complexity index is 461. The van der Waals surface area contributed by atoms with E-state index in [0.717, 1.165) is 0 Å². The number of aliphatic hydroxyl groups excluding tert-OH is 1. The number of rotatable bonds is 5. The van der Waals surface area contributed by atoms with Gasteiger partial charge < -0.3 is 21.3 Å². The monoisotopic (exact) mass is 343 g/mol. The molecule has 0 bridgehead atoms. The van der Waals surface area contributed by atoms with E-state index in [1.165, 1.54) is 4.90 Å². The second-order valence-corrected chi connectivity index (χ2v) is 8.09. The molecule has 1 aliphatic carbocycles. The average Bonchev–Trinajstić information content (AvgIpc) is 2.46. The summed E-state index contributed by atoms with van der Waals surface area (Å²) in [5, 5.41) is 22.5. The molecular formula is C17H33N3O4. The molecule has 0 heterocycles. The summed E-state index contributed by atoms with van der Waals surface area (Å²) in [6, 6.07) is -0.347. The molecule has 1 saturated carbocycles. The van der Waals surface area contributed by atoms with E-state index in [9.17, 15) is 19.8 Å². The van der Waals surface area contributed by atoms with Crippen LogP contribution in [0.2, 0.25) is 0 Å². The quantitative estimate of drug-likeness (QED) is 0.602. The molecule has 7 nitrogen and oxygen atoms in total. The maximum absolute atomic E-state index is 12.0. The molecule has 3 atom stereocenters. The molecule has 0 aromatic carbocycles. The van der Waals surface area contributed by atoms with Gasteiger partial charge in [0.25, 0.3) is 0 Å². The van der Waals surface area contributed by atoms with E-state index in [0.29, 0.717) is 19.3 Å². The predicted octanol–water partition coefficient (Wildman–Crippen LogP) is 1.40. The Labute approximate surface area is 144 Å². The van der Waals surface area contributed by atoms with Crippen molar-refractivity contribution in [3.05, 3.63) is 0 Å². The van der Waals surface area contributed by atoms with Crippen molar-refractivity contribution in [1.82, 2.24) is 10.2 Å². The zero-order valence-corrected chi connectivity index (χ0v) is 15.5. The summed E-state index contributed by atoms with van der Waals surface area (Å²) in [6.07, 6.45) is 0.811. The number of hydrogen-bond donors (Lipinski definition) is 4. The summed E-state index contributed by atoms with van der Waals surface area (Å²) in [5.74, 6) is -0.449. The number of aliphatic hydroxyl groups is 1. The molecule has 2 amide bonds. The number of nitrogens with one attached hydrogen (secondary N) is 1. The summed E-state index contributed by atoms with van der Waals surface area (Å²) in [5.41, 5.74) is 4.47. The highest BCUT2D eigenvalue weighted by Crippen LogP contribution is 2.49. The fourth-order valence-electron chi connectivity index (χ4n) is 4.12. The van der Waals surface area contributed by atoms with Crippen LogP contribution in [0.25, 0.3) is 0 Å². The van der Waals surface area contributed by atoms with E-state index in [2.05, 4.69) is 5.32 Å². The molecule has 5 N–H and O–H groups in total. The van der Waals surface area contributed by atoms with Crippen molar-refractivity contribution in [1.29, 1.82) is 0 Å². The Kier molecular flexibility index (Phi) is 6.64. The van der Waals surface area contributed by atoms with Gasteiger partial charge in [-0.05, 0) is 38.5 Å². The maximum Gasteiger partial charge on any atom is 0.408 e. The van der Waals surface area contributed by atoms with E-state index < -0.39 is 11.6 Å². The highest BCUT2D eigenvalue weighted by molar-refractivity contribution is 5.78. The zero-order chi connectivity index (χ0) is 18.7. The molecule has 0 aliphatic heterocycles. The third-order valence-electron chi connectivity index (χ3n) is 5.38. The molecule has 0 aromatic heterocycles. The minimum Gasteiger partial charge on any atom is -0.465 e. The van der Waals surface area contributed by atoms with E-state index in [-0.39, 0.29) is 42.5 Å². The van der Waals surface area contributed by atoms with Crippen LogP contribution in [0.4, 0.5) is 4.79 Å². The Balaban J connectivity index is 3.21. The van der Waals surface area contributed by atoms with Crippen LogP contribution in [0, 0.1) is 11.3 Å². The lowest BCUT2D eigenvalue weighted by Crippen LogP contribution is -2.66. The molecule has 1 fully saturated rings. The molecule has 7 heteroatoms. The van der Waals surface area contributed by atoms with Crippen LogP contribution in [0.1, 0.15) is 53.9 Å². The molecular weight excluding hydrogens is 310 g/mol. The Morgan fingerprint density at radius 1 is 1.38 bits per heavy atom. The van der Waals surface area contributed by atoms with Gasteiger partial charge in [-0.15, -0.1) is 0 Å². The van der Waals surface area contributed by atoms with E-state index in [1.807, 2.05) is 34.6 Å². The highest BCUT2D eigenvalue weighted by Gasteiger charge is 2.54. The fourth-order valence-corrected chi connectivity index (χ4v) is 4.12. The number of carboxylic acid groups (broad SMARTS) is 1. The Hall–Kier alpha value is -1.34. The van der Waals surface area contributed by atoms with Gasteiger partial charge in [0.05, 0.1) is 12.1 Å². The normalized spacial score (nSPS) is 27.8. The second kappa shape index (κ2) is 7.70. The molecule has 0 spiro atoms. The van der Waals surface area contributed by atoms with Gasteiger partial charge in [0, 0.05) is 24.6 Å². The van der Waals surface area contributed by atoms with Crippen LogP contribution >= 0.6 is 0 Å². The van der Waals surface area contributed by atoms with Crippen LogP contribution in [0.3, 0.4) is 0 Å². The molecule has 140 valence electrons. The number of carbonyl (C=O) groups is 2. The molecule has 0 radical (unpaired) electrons. The predicted molar refractivity (Wildman–Crippen MR) is 92.6 cm³/mol. The van der Waals surface area contributed by atoms with Crippen molar-refractivity contribution in [3.63, 3.8) is 0 Å². The lowest BCUT2D eigenvalue weighted by Gasteiger charge is -2.57. The van der Waals surface area contributed by atoms with Gasteiger partial charge in [0.1, 0.15) is 0 Å². The largest absolute Gasteiger partial charge is 0.465 e. The van der Waals surface area contributed by atoms with Crippen molar-refractivity contribution in [2.24, 2.45) is 17.1 Å². The number of amides is 2. The number of nitrogens with two attached hydrogens (primary N) is 1. The topological polar surface area (TPSA) is 116 Å². The van der Waals surface area contributed by atoms with Gasteiger partial charge in [-0.25, -0.2) is 4.79 Å². The third kappa shape index (κ3) is 4.00. The molecule has 1 aliphatic rings. The standard InChI is InChI=1S/C17H33N3O4/c1-11(2)20(15(23)24)17(16(3,4)5)7-6-13(12(8-17)10-21)19-14(22)9-18/h11-13,21H,6-10,18H2,1-5H3,(H,19,22)(H,23,24)/t12-,13-,17+/m0/s1. The van der Waals surface area contributed by atoms with Crippen LogP contribution < -0.4 is 11.1 Å². The third-order valence-corrected chi connectivity index (χ3v) is 5.38. The smallest absolute Gasteiger partial charge is 0.408 e. The van der Waals surface area contributed by atoms with Gasteiger partial charge >= 0.3 is 6.09 Å². The van der Waals surface area contributed by atoms with E-state index >= 15 is 0 Å². The van der Waals surface area contributed by atoms with Crippen LogP contribution in [-0.4, -0.2) is 57.9 Å². The minimum atomic E-state index is -0.943. The number of hydrogen-bond acceptors (Lipinski definition) is 4. The maximum atomic E-state index is 12.0. The van der Waals surface area contributed by atoms with Crippen LogP contribution in [0.15, 0.2) is 0 Å². The first-order valence-electron chi connectivity index (χ1n) is 8.62. The Morgan fingerprint density at radius 3 is 2.33 bits per heavy atom. The summed E-state index contributed by atoms with van der Waals surface area (Å²) >= 11 is 0. The summed E-state index contributed by atoms with van der Waals surface area (Å²) in [7, 11) is 0. The first-order valence-corrected chi connectivity index (χ1v) is 8.62. The van der Waals surface area contributed by atoms with E-state index in [1.54, 1.807) is 0 Å². The summed E-state index contributed by atoms with van der Waals surface area (Å²) in [4.78, 5) is 25.1. The van der Waals surface area contributed by atoms with E-state index in [4.69, 9.17) is 5.73 Å². The lowest BCUT2D eigenvalue weighted by molar-refractivity contribution is -0.122. The lowest BCUT2D eigenvalue weighted by atomic mass is 9.60. The van der Waals surface area contributed by atoms with Crippen molar-refractivity contribution in [3.8, 4) is 0 Å². The number of nitrogens with zero attached hydrogens (tertiary/aromatic N) is 1. The molecule has 0 aromatic rings. The van der Waals surface area contributed by atoms with Gasteiger partial charge in [0.15, 0.2) is 0 Å². The highest BCUT2D eigenvalue weighted by atomic mass is 16.4. The van der Waals surface area contributed by atoms with Crippen LogP contribution in [-0.2, 0) is 4.79 Å². The van der Waals surface area contributed by atoms with Gasteiger partial charge in [-0.1, -0.05) is 20.8 Å². The van der Waals surface area contributed by atoms with Gasteiger partial charge in [-0.3, -0.25) is 9.69 Å². The first kappa shape index (κ1) is 20.7. The van der Waals surface area contributed by atoms with Gasteiger partial charge in [-0.2, -0.15) is 0 Å². The SMILES string of the molecule is CC(C)N(C(=O)O)[C@]1(C(C)(C)C)CC[C@H](NC(=O)CN)[C@H](CO)C1. The molecule has 0 unspecified atom stereocenters. The molecule has 0 saturated heterocycles. The number of carbonyl (C=O) groups excluding carboxylic acids is 1. The molecule has 24 heavy (non-hydrogen) atoms.